The highest BCUT2D eigenvalue weighted by Gasteiger charge is 2.33. The van der Waals surface area contributed by atoms with Crippen molar-refractivity contribution in [3.8, 4) is 16.9 Å². The minimum Gasteiger partial charge on any atom is -0.306 e. The van der Waals surface area contributed by atoms with E-state index in [1.54, 1.807) is 77.6 Å². The first-order chi connectivity index (χ1) is 17.7. The lowest BCUT2D eigenvalue weighted by atomic mass is 10.1. The van der Waals surface area contributed by atoms with Crippen molar-refractivity contribution in [3.05, 3.63) is 115 Å². The summed E-state index contributed by atoms with van der Waals surface area (Å²) in [5.74, 6) is 0.183. The molecule has 0 saturated heterocycles. The lowest BCUT2D eigenvalue weighted by Gasteiger charge is -2.27. The Labute approximate surface area is 212 Å². The van der Waals surface area contributed by atoms with Crippen molar-refractivity contribution in [1.82, 2.24) is 24.5 Å². The molecule has 5 aromatic rings. The summed E-state index contributed by atoms with van der Waals surface area (Å²) in [5, 5.41) is 0. The number of aromatic nitrogens is 5. The molecule has 184 valence electrons. The maximum Gasteiger partial charge on any atom is 0.416 e. The Kier molecular flexibility index (Phi) is 6.20. The van der Waals surface area contributed by atoms with Crippen molar-refractivity contribution in [3.63, 3.8) is 0 Å². The van der Waals surface area contributed by atoms with Gasteiger partial charge in [0.25, 0.3) is 0 Å². The van der Waals surface area contributed by atoms with Gasteiger partial charge < -0.3 is 4.57 Å². The molecule has 6 nitrogen and oxygen atoms in total. The van der Waals surface area contributed by atoms with Gasteiger partial charge in [0, 0.05) is 36.0 Å². The van der Waals surface area contributed by atoms with E-state index in [4.69, 9.17) is 11.9 Å². The first-order valence-corrected chi connectivity index (χ1v) is 11.3. The van der Waals surface area contributed by atoms with Crippen molar-refractivity contribution in [2.24, 2.45) is 0 Å². The summed E-state index contributed by atoms with van der Waals surface area (Å²) in [7, 11) is 0. The van der Waals surface area contributed by atoms with Gasteiger partial charge in [-0.05, 0) is 74.4 Å². The number of imidazole rings is 1. The molecule has 5 rings (SSSR count). The van der Waals surface area contributed by atoms with Crippen LogP contribution in [0.25, 0.3) is 16.9 Å². The van der Waals surface area contributed by atoms with Gasteiger partial charge in [-0.1, -0.05) is 12.1 Å². The van der Waals surface area contributed by atoms with Gasteiger partial charge in [-0.25, -0.2) is 15.0 Å². The number of anilines is 3. The van der Waals surface area contributed by atoms with Crippen LogP contribution in [0.4, 0.5) is 30.5 Å². The Morgan fingerprint density at radius 2 is 1.78 bits per heavy atom. The Morgan fingerprint density at radius 1 is 0.946 bits per heavy atom. The Balaban J connectivity index is 1.77. The number of halogens is 3. The van der Waals surface area contributed by atoms with Crippen molar-refractivity contribution in [1.29, 1.82) is 0 Å². The minimum atomic E-state index is -4.59. The lowest BCUT2D eigenvalue weighted by Crippen LogP contribution is -2.17. The number of benzene rings is 2. The maximum absolute atomic E-state index is 14.1. The van der Waals surface area contributed by atoms with Crippen LogP contribution in [-0.4, -0.2) is 24.5 Å². The molecule has 3 aromatic heterocycles. The molecule has 0 atom stereocenters. The molecule has 0 unspecified atom stereocenters. The summed E-state index contributed by atoms with van der Waals surface area (Å²) in [4.78, 5) is 19.0. The summed E-state index contributed by atoms with van der Waals surface area (Å²) in [6.07, 6.45) is 3.42. The van der Waals surface area contributed by atoms with Crippen molar-refractivity contribution >= 4 is 17.3 Å². The highest BCUT2D eigenvalue weighted by molar-refractivity contribution is 5.78. The second kappa shape index (κ2) is 9.50. The zero-order valence-corrected chi connectivity index (χ0v) is 20.0. The van der Waals surface area contributed by atoms with E-state index in [9.17, 15) is 13.2 Å². The van der Waals surface area contributed by atoms with E-state index in [0.29, 0.717) is 28.3 Å². The monoisotopic (exact) mass is 498 g/mol. The van der Waals surface area contributed by atoms with Crippen molar-refractivity contribution in [2.45, 2.75) is 20.0 Å². The fourth-order valence-corrected chi connectivity index (χ4v) is 3.96. The van der Waals surface area contributed by atoms with Gasteiger partial charge in [0.2, 0.25) is 5.95 Å². The van der Waals surface area contributed by atoms with Crippen LogP contribution in [0.3, 0.4) is 0 Å². The smallest absolute Gasteiger partial charge is 0.306 e. The van der Waals surface area contributed by atoms with Crippen LogP contribution in [0.5, 0.6) is 0 Å². The van der Waals surface area contributed by atoms with Crippen LogP contribution >= 0.6 is 0 Å². The van der Waals surface area contributed by atoms with Gasteiger partial charge in [0.15, 0.2) is 0 Å². The van der Waals surface area contributed by atoms with Crippen molar-refractivity contribution < 1.29 is 13.2 Å². The van der Waals surface area contributed by atoms with E-state index >= 15 is 0 Å². The lowest BCUT2D eigenvalue weighted by molar-refractivity contribution is -0.137. The Morgan fingerprint density at radius 3 is 2.49 bits per heavy atom. The number of hydrogen-bond donors (Lipinski definition) is 0. The topological polar surface area (TPSA) is 59.7 Å². The molecule has 0 aliphatic rings. The zero-order valence-electron chi connectivity index (χ0n) is 20.0. The summed E-state index contributed by atoms with van der Waals surface area (Å²) in [6.45, 7) is 9.71. The Bertz CT molecular complexity index is 1560. The molecule has 0 saturated carbocycles. The van der Waals surface area contributed by atoms with E-state index in [0.717, 1.165) is 23.3 Å². The summed E-state index contributed by atoms with van der Waals surface area (Å²) in [6, 6.07) is 14.4. The molecule has 0 aliphatic heterocycles. The van der Waals surface area contributed by atoms with Gasteiger partial charge in [-0.15, -0.1) is 0 Å². The average Bonchev–Trinajstić information content (AvgIpc) is 3.33. The second-order valence-corrected chi connectivity index (χ2v) is 8.52. The molecular weight excluding hydrogens is 477 g/mol. The largest absolute Gasteiger partial charge is 0.416 e. The molecule has 0 N–H and O–H groups in total. The molecule has 0 fully saturated rings. The number of pyridine rings is 1. The normalized spacial score (nSPS) is 11.5. The van der Waals surface area contributed by atoms with Gasteiger partial charge in [-0.2, -0.15) is 13.2 Å². The van der Waals surface area contributed by atoms with Crippen molar-refractivity contribution in [2.75, 3.05) is 4.90 Å². The van der Waals surface area contributed by atoms with E-state index in [2.05, 4.69) is 15.0 Å². The van der Waals surface area contributed by atoms with E-state index in [1.807, 2.05) is 13.0 Å². The standard InChI is InChI=1S/C28H21F3N6/c1-18-6-7-19(2)26(11-18)37(27-33-10-8-25(35-27)21-5-4-9-32-15-21)24-13-22(28(29,30)31)12-23(14-24)36-16-20(3)34-17-36/h1,4-17H,2-3H3. The fourth-order valence-electron chi connectivity index (χ4n) is 3.96. The molecule has 2 aromatic carbocycles. The molecule has 0 aliphatic carbocycles. The summed E-state index contributed by atoms with van der Waals surface area (Å²) >= 11 is 0. The van der Waals surface area contributed by atoms with Crippen LogP contribution in [0, 0.1) is 20.8 Å². The molecule has 37 heavy (non-hydrogen) atoms. The third-order valence-corrected chi connectivity index (χ3v) is 5.77. The predicted molar refractivity (Wildman–Crippen MR) is 135 cm³/mol. The van der Waals surface area contributed by atoms with Gasteiger partial charge in [0.1, 0.15) is 0 Å². The quantitative estimate of drug-likeness (QED) is 0.264. The van der Waals surface area contributed by atoms with Crippen LogP contribution in [0.2, 0.25) is 0 Å². The summed E-state index contributed by atoms with van der Waals surface area (Å²) in [5.41, 5.74) is 3.46. The molecule has 3 heterocycles. The maximum atomic E-state index is 14.1. The van der Waals surface area contributed by atoms with Gasteiger partial charge in [0.05, 0.1) is 34.7 Å². The number of hydrogen-bond acceptors (Lipinski definition) is 5. The van der Waals surface area contributed by atoms with Crippen LogP contribution < -0.4 is 4.90 Å². The third-order valence-electron chi connectivity index (χ3n) is 5.77. The highest BCUT2D eigenvalue weighted by atomic mass is 19.4. The minimum absolute atomic E-state index is 0.183. The Hall–Kier alpha value is -4.53. The molecule has 0 bridgehead atoms. The molecular formula is C28H21F3N6. The third kappa shape index (κ3) is 5.06. The van der Waals surface area contributed by atoms with E-state index < -0.39 is 11.7 Å². The summed E-state index contributed by atoms with van der Waals surface area (Å²) < 4.78 is 43.7. The number of rotatable bonds is 5. The first kappa shape index (κ1) is 24.2. The van der Waals surface area contributed by atoms with Crippen LogP contribution in [0.1, 0.15) is 22.4 Å². The number of aryl methyl sites for hydroxylation is 2. The van der Waals surface area contributed by atoms with Crippen LogP contribution in [-0.2, 0) is 6.18 Å². The molecule has 2 radical (unpaired) electrons. The number of alkyl halides is 3. The SMILES string of the molecule is [CH]c1ccc(C)c(N(c2cc(-n3cnc(C)c3)cc(C(F)(F)F)c2)c2nccc(-c3cccnc3)n2)c1. The average molecular weight is 499 g/mol. The van der Waals surface area contributed by atoms with Crippen LogP contribution in [0.15, 0.2) is 85.7 Å². The van der Waals surface area contributed by atoms with Gasteiger partial charge in [-0.3, -0.25) is 9.88 Å². The van der Waals surface area contributed by atoms with E-state index in [-0.39, 0.29) is 11.6 Å². The zero-order chi connectivity index (χ0) is 26.2. The fraction of sp³-hybridized carbons (Fsp3) is 0.107. The highest BCUT2D eigenvalue weighted by Crippen LogP contribution is 2.40. The molecule has 0 amide bonds. The van der Waals surface area contributed by atoms with Gasteiger partial charge >= 0.3 is 6.18 Å². The molecule has 9 heteroatoms. The molecule has 0 spiro atoms. The second-order valence-electron chi connectivity index (χ2n) is 8.52. The predicted octanol–water partition coefficient (Wildman–Crippen LogP) is 6.89. The first-order valence-electron chi connectivity index (χ1n) is 11.3. The van der Waals surface area contributed by atoms with E-state index in [1.165, 1.54) is 6.33 Å². The number of nitrogens with zero attached hydrogens (tertiary/aromatic N) is 6.